The van der Waals surface area contributed by atoms with Crippen LogP contribution in [-0.2, 0) is 0 Å². The van der Waals surface area contributed by atoms with Gasteiger partial charge in [0.15, 0.2) is 23.0 Å². The highest BCUT2D eigenvalue weighted by atomic mass is 28.3. The lowest BCUT2D eigenvalue weighted by molar-refractivity contribution is 0.329. The van der Waals surface area contributed by atoms with Crippen molar-refractivity contribution < 1.29 is 51.1 Å². The zero-order valence-electron chi connectivity index (χ0n) is 33.6. The molecule has 0 saturated heterocycles. The average molecular weight is 841 g/mol. The van der Waals surface area contributed by atoms with E-state index in [1.54, 1.807) is 12.1 Å². The predicted octanol–water partition coefficient (Wildman–Crippen LogP) is 9.67. The maximum atomic E-state index is 11.4. The van der Waals surface area contributed by atoms with E-state index in [1.165, 1.54) is 9.80 Å². The van der Waals surface area contributed by atoms with Crippen molar-refractivity contribution >= 4 is 93.0 Å². The first-order valence-electron chi connectivity index (χ1n) is 19.1. The molecular formula is C46H44N2O10Si2. The van der Waals surface area contributed by atoms with Gasteiger partial charge < -0.3 is 60.9 Å². The SMILES string of the molecule is C[Si](C)(C)c1ccc(N(c2c(O)c(O)c(O)c(O)c2O)c2ccc3ccc4c(N(c5ccc([Si](C)(C)C)cc5)c5c(O)c(O)c(O)c(O)c5O)ccc5ccc2c3c54)cc1. The molecule has 0 radical (unpaired) electrons. The van der Waals surface area contributed by atoms with E-state index in [2.05, 4.69) is 39.3 Å². The lowest BCUT2D eigenvalue weighted by atomic mass is 9.91. The van der Waals surface area contributed by atoms with Crippen LogP contribution in [0.4, 0.5) is 34.1 Å². The lowest BCUT2D eigenvalue weighted by Gasteiger charge is -2.31. The van der Waals surface area contributed by atoms with Crippen LogP contribution >= 0.6 is 0 Å². The molecular weight excluding hydrogens is 797 g/mol. The van der Waals surface area contributed by atoms with Gasteiger partial charge in [0.1, 0.15) is 11.4 Å². The zero-order valence-corrected chi connectivity index (χ0v) is 35.6. The molecule has 0 saturated carbocycles. The summed E-state index contributed by atoms with van der Waals surface area (Å²) in [5.74, 6) is -9.77. The van der Waals surface area contributed by atoms with Crippen LogP contribution in [-0.4, -0.2) is 67.2 Å². The Labute approximate surface area is 346 Å². The monoisotopic (exact) mass is 840 g/mol. The molecule has 0 aromatic heterocycles. The van der Waals surface area contributed by atoms with E-state index in [-0.39, 0.29) is 11.4 Å². The molecule has 10 N–H and O–H groups in total. The smallest absolute Gasteiger partial charge is 0.208 e. The van der Waals surface area contributed by atoms with Crippen LogP contribution in [0.2, 0.25) is 39.3 Å². The summed E-state index contributed by atoms with van der Waals surface area (Å²) in [6.45, 7) is 13.2. The van der Waals surface area contributed by atoms with Crippen molar-refractivity contribution in [1.29, 1.82) is 0 Å². The number of hydrogen-bond donors (Lipinski definition) is 10. The minimum absolute atomic E-state index is 0.384. The van der Waals surface area contributed by atoms with E-state index in [4.69, 9.17) is 0 Å². The van der Waals surface area contributed by atoms with Gasteiger partial charge >= 0.3 is 0 Å². The van der Waals surface area contributed by atoms with Crippen LogP contribution < -0.4 is 20.2 Å². The molecule has 12 nitrogen and oxygen atoms in total. The molecule has 0 fully saturated rings. The standard InChI is InChI=1S/C46H44N2O10Si2/c1-59(2,3)27-15-11-25(12-16-27)47(35-37(49)41(53)45(57)42(54)38(35)50)31-21-9-23-8-20-30-32(22-10-24-7-19-29(31)33(23)34(24)30)48(26-13-17-28(18-14-26)60(4,5)6)36-39(51)43(55)46(58)44(56)40(36)52/h7-22,49-58H,1-6H3. The van der Waals surface area contributed by atoms with Gasteiger partial charge in [0.2, 0.25) is 34.5 Å². The summed E-state index contributed by atoms with van der Waals surface area (Å²) in [4.78, 5) is 2.99. The number of phenols is 10. The van der Waals surface area contributed by atoms with Gasteiger partial charge in [-0.3, -0.25) is 0 Å². The summed E-state index contributed by atoms with van der Waals surface area (Å²) in [5, 5.41) is 116. The Morgan fingerprint density at radius 1 is 0.317 bits per heavy atom. The Morgan fingerprint density at radius 3 is 0.867 bits per heavy atom. The number of anilines is 6. The lowest BCUT2D eigenvalue weighted by Crippen LogP contribution is -2.37. The van der Waals surface area contributed by atoms with E-state index in [0.717, 1.165) is 31.9 Å². The molecule has 8 rings (SSSR count). The Balaban J connectivity index is 1.45. The first kappa shape index (κ1) is 39.7. The van der Waals surface area contributed by atoms with E-state index >= 15 is 0 Å². The first-order valence-corrected chi connectivity index (χ1v) is 26.1. The molecule has 0 aliphatic heterocycles. The van der Waals surface area contributed by atoms with Gasteiger partial charge in [0, 0.05) is 22.1 Å². The topological polar surface area (TPSA) is 209 Å². The number of benzene rings is 8. The molecule has 0 aliphatic carbocycles. The van der Waals surface area contributed by atoms with Crippen molar-refractivity contribution in [2.24, 2.45) is 0 Å². The van der Waals surface area contributed by atoms with Gasteiger partial charge in [0.25, 0.3) is 0 Å². The highest BCUT2D eigenvalue weighted by Crippen LogP contribution is 2.61. The third-order valence-electron chi connectivity index (χ3n) is 11.2. The van der Waals surface area contributed by atoms with E-state index < -0.39 is 73.6 Å². The van der Waals surface area contributed by atoms with Crippen LogP contribution in [0.15, 0.2) is 97.1 Å². The molecule has 60 heavy (non-hydrogen) atoms. The van der Waals surface area contributed by atoms with E-state index in [0.29, 0.717) is 33.5 Å². The fourth-order valence-corrected chi connectivity index (χ4v) is 10.3. The fourth-order valence-electron chi connectivity index (χ4n) is 7.93. The van der Waals surface area contributed by atoms with Crippen molar-refractivity contribution in [2.75, 3.05) is 9.80 Å². The summed E-state index contributed by atoms with van der Waals surface area (Å²) in [7, 11) is -3.56. The largest absolute Gasteiger partial charge is 0.503 e. The molecule has 14 heteroatoms. The van der Waals surface area contributed by atoms with Crippen LogP contribution in [0.3, 0.4) is 0 Å². The zero-order chi connectivity index (χ0) is 43.3. The highest BCUT2D eigenvalue weighted by Gasteiger charge is 2.33. The van der Waals surface area contributed by atoms with Crippen molar-refractivity contribution in [2.45, 2.75) is 39.3 Å². The number of rotatable bonds is 8. The van der Waals surface area contributed by atoms with Gasteiger partial charge in [-0.25, -0.2) is 0 Å². The van der Waals surface area contributed by atoms with Crippen molar-refractivity contribution in [3.63, 3.8) is 0 Å². The number of phenolic OH excluding ortho intramolecular Hbond substituents is 10. The quantitative estimate of drug-likeness (QED) is 0.0300. The fraction of sp³-hybridized carbons (Fsp3) is 0.130. The summed E-state index contributed by atoms with van der Waals surface area (Å²) >= 11 is 0. The highest BCUT2D eigenvalue weighted by molar-refractivity contribution is 6.89. The first-order chi connectivity index (χ1) is 28.2. The van der Waals surface area contributed by atoms with Crippen molar-refractivity contribution in [3.8, 4) is 57.5 Å². The molecule has 0 heterocycles. The molecule has 8 aromatic rings. The predicted molar refractivity (Wildman–Crippen MR) is 242 cm³/mol. The second-order valence-electron chi connectivity index (χ2n) is 17.0. The Bertz CT molecular complexity index is 2750. The Hall–Kier alpha value is -7.17. The molecule has 306 valence electrons. The number of nitrogens with zero attached hydrogens (tertiary/aromatic N) is 2. The van der Waals surface area contributed by atoms with Crippen molar-refractivity contribution in [1.82, 2.24) is 0 Å². The van der Waals surface area contributed by atoms with Gasteiger partial charge in [-0.1, -0.05) is 110 Å². The summed E-state index contributed by atoms with van der Waals surface area (Å²) in [6, 6.07) is 29.9. The van der Waals surface area contributed by atoms with E-state index in [1.807, 2.05) is 84.9 Å². The Kier molecular flexibility index (Phi) is 9.06. The number of aromatic hydroxyl groups is 10. The van der Waals surface area contributed by atoms with Crippen LogP contribution in [0.5, 0.6) is 57.5 Å². The molecule has 8 aromatic carbocycles. The maximum Gasteiger partial charge on any atom is 0.208 e. The third kappa shape index (κ3) is 6.02. The normalized spacial score (nSPS) is 12.2. The van der Waals surface area contributed by atoms with Crippen LogP contribution in [0.1, 0.15) is 0 Å². The number of hydrogen-bond acceptors (Lipinski definition) is 12. The molecule has 0 bridgehead atoms. The second-order valence-corrected chi connectivity index (χ2v) is 27.2. The summed E-state index contributed by atoms with van der Waals surface area (Å²) < 4.78 is 0. The average Bonchev–Trinajstić information content (AvgIpc) is 3.22. The third-order valence-corrected chi connectivity index (χ3v) is 15.4. The van der Waals surface area contributed by atoms with Gasteiger partial charge in [-0.05, 0) is 57.9 Å². The van der Waals surface area contributed by atoms with Crippen LogP contribution in [0.25, 0.3) is 32.3 Å². The summed E-state index contributed by atoms with van der Waals surface area (Å²) in [6.07, 6.45) is 0. The van der Waals surface area contributed by atoms with E-state index in [9.17, 15) is 51.1 Å². The second kappa shape index (κ2) is 13.7. The molecule has 0 amide bonds. The minimum atomic E-state index is -1.78. The Morgan fingerprint density at radius 2 is 0.583 bits per heavy atom. The minimum Gasteiger partial charge on any atom is -0.503 e. The van der Waals surface area contributed by atoms with Crippen LogP contribution in [0, 0.1) is 0 Å². The molecule has 0 spiro atoms. The molecule has 0 atom stereocenters. The van der Waals surface area contributed by atoms with Crippen molar-refractivity contribution in [3.05, 3.63) is 97.1 Å². The summed E-state index contributed by atoms with van der Waals surface area (Å²) in [5.41, 5.74) is 0.971. The van der Waals surface area contributed by atoms with Gasteiger partial charge in [-0.2, -0.15) is 0 Å². The van der Waals surface area contributed by atoms with Gasteiger partial charge in [-0.15, -0.1) is 0 Å². The molecule has 0 aliphatic rings. The molecule has 0 unspecified atom stereocenters. The maximum absolute atomic E-state index is 11.4. The van der Waals surface area contributed by atoms with Gasteiger partial charge in [0.05, 0.1) is 27.5 Å².